The van der Waals surface area contributed by atoms with Gasteiger partial charge in [-0.25, -0.2) is 0 Å². The summed E-state index contributed by atoms with van der Waals surface area (Å²) in [7, 11) is 0. The molecule has 2 aliphatic rings. The highest BCUT2D eigenvalue weighted by molar-refractivity contribution is 5.70. The van der Waals surface area contributed by atoms with E-state index in [4.69, 9.17) is 9.63 Å². The Bertz CT molecular complexity index is 505. The molecule has 0 amide bonds. The largest absolute Gasteiger partial charge is 0.481 e. The van der Waals surface area contributed by atoms with Gasteiger partial charge in [0.05, 0.1) is 11.6 Å². The van der Waals surface area contributed by atoms with Crippen LogP contribution in [0.2, 0.25) is 0 Å². The van der Waals surface area contributed by atoms with Crippen molar-refractivity contribution < 1.29 is 14.4 Å². The lowest BCUT2D eigenvalue weighted by Crippen LogP contribution is -2.33. The lowest BCUT2D eigenvalue weighted by molar-refractivity contribution is -0.142. The van der Waals surface area contributed by atoms with E-state index in [1.54, 1.807) is 6.26 Å². The van der Waals surface area contributed by atoms with Crippen molar-refractivity contribution in [2.75, 3.05) is 0 Å². The molecule has 0 radical (unpaired) electrons. The quantitative estimate of drug-likeness (QED) is 0.808. The molecule has 1 heterocycles. The van der Waals surface area contributed by atoms with Gasteiger partial charge in [0.15, 0.2) is 0 Å². The third-order valence-corrected chi connectivity index (χ3v) is 4.40. The van der Waals surface area contributed by atoms with Crippen LogP contribution in [0.25, 0.3) is 0 Å². The van der Waals surface area contributed by atoms with Crippen LogP contribution < -0.4 is 5.32 Å². The van der Waals surface area contributed by atoms with Crippen molar-refractivity contribution in [3.63, 3.8) is 0 Å². The Morgan fingerprint density at radius 1 is 1.50 bits per heavy atom. The first kappa shape index (κ1) is 13.4. The molecule has 2 N–H and O–H groups in total. The molecular formula is C15H20N2O3. The van der Waals surface area contributed by atoms with Crippen molar-refractivity contribution in [2.24, 2.45) is 5.92 Å². The maximum absolute atomic E-state index is 11.0. The van der Waals surface area contributed by atoms with Gasteiger partial charge in [0.1, 0.15) is 6.26 Å². The first-order chi connectivity index (χ1) is 9.74. The fourth-order valence-electron chi connectivity index (χ4n) is 2.90. The van der Waals surface area contributed by atoms with E-state index >= 15 is 0 Å². The van der Waals surface area contributed by atoms with Crippen LogP contribution in [0.1, 0.15) is 49.3 Å². The SMILES string of the molecule is O=C(O)[C@@H]1CC=C[C@@H](NCc2conc2C2CCC2)C1. The predicted octanol–water partition coefficient (Wildman–Crippen LogP) is 2.45. The summed E-state index contributed by atoms with van der Waals surface area (Å²) in [6, 6.07) is 0.119. The molecule has 5 heteroatoms. The number of carboxylic acids is 1. The topological polar surface area (TPSA) is 75.4 Å². The first-order valence-corrected chi connectivity index (χ1v) is 7.30. The van der Waals surface area contributed by atoms with E-state index in [1.807, 2.05) is 6.08 Å². The molecule has 0 unspecified atom stereocenters. The monoisotopic (exact) mass is 276 g/mol. The number of nitrogens with zero attached hydrogens (tertiary/aromatic N) is 1. The van der Waals surface area contributed by atoms with Gasteiger partial charge in [-0.15, -0.1) is 0 Å². The van der Waals surface area contributed by atoms with E-state index in [0.717, 1.165) is 11.3 Å². The van der Waals surface area contributed by atoms with E-state index in [1.165, 1.54) is 19.3 Å². The van der Waals surface area contributed by atoms with Gasteiger partial charge in [-0.2, -0.15) is 0 Å². The lowest BCUT2D eigenvalue weighted by atomic mass is 9.81. The summed E-state index contributed by atoms with van der Waals surface area (Å²) >= 11 is 0. The maximum atomic E-state index is 11.0. The number of hydrogen-bond donors (Lipinski definition) is 2. The number of rotatable bonds is 5. The zero-order valence-corrected chi connectivity index (χ0v) is 11.4. The third-order valence-electron chi connectivity index (χ3n) is 4.40. The molecule has 2 aliphatic carbocycles. The summed E-state index contributed by atoms with van der Waals surface area (Å²) < 4.78 is 5.10. The molecule has 108 valence electrons. The molecule has 0 bridgehead atoms. The molecule has 0 saturated heterocycles. The van der Waals surface area contributed by atoms with Gasteiger partial charge in [-0.3, -0.25) is 4.79 Å². The number of aliphatic carboxylic acids is 1. The van der Waals surface area contributed by atoms with Gasteiger partial charge in [0, 0.05) is 24.1 Å². The summed E-state index contributed by atoms with van der Waals surface area (Å²) in [4.78, 5) is 11.0. The number of allylic oxidation sites excluding steroid dienone is 1. The fourth-order valence-corrected chi connectivity index (χ4v) is 2.90. The average molecular weight is 276 g/mol. The predicted molar refractivity (Wildman–Crippen MR) is 73.2 cm³/mol. The molecule has 20 heavy (non-hydrogen) atoms. The first-order valence-electron chi connectivity index (χ1n) is 7.30. The van der Waals surface area contributed by atoms with Crippen LogP contribution in [0.5, 0.6) is 0 Å². The third kappa shape index (κ3) is 2.77. The zero-order valence-electron chi connectivity index (χ0n) is 11.4. The molecule has 3 rings (SSSR count). The minimum absolute atomic E-state index is 0.119. The van der Waals surface area contributed by atoms with Crippen LogP contribution in [-0.4, -0.2) is 22.3 Å². The van der Waals surface area contributed by atoms with Crippen molar-refractivity contribution >= 4 is 5.97 Å². The molecule has 0 aromatic carbocycles. The van der Waals surface area contributed by atoms with E-state index in [2.05, 4.69) is 16.5 Å². The van der Waals surface area contributed by atoms with Crippen molar-refractivity contribution in [2.45, 2.75) is 50.6 Å². The normalized spacial score (nSPS) is 26.4. The van der Waals surface area contributed by atoms with Crippen LogP contribution in [0.4, 0.5) is 0 Å². The zero-order chi connectivity index (χ0) is 13.9. The number of nitrogens with one attached hydrogen (secondary N) is 1. The lowest BCUT2D eigenvalue weighted by Gasteiger charge is -2.25. The van der Waals surface area contributed by atoms with Crippen molar-refractivity contribution in [3.05, 3.63) is 29.7 Å². The van der Waals surface area contributed by atoms with Gasteiger partial charge in [-0.05, 0) is 25.7 Å². The summed E-state index contributed by atoms with van der Waals surface area (Å²) in [6.45, 7) is 0.691. The fraction of sp³-hybridized carbons (Fsp3) is 0.600. The number of carboxylic acid groups (broad SMARTS) is 1. The van der Waals surface area contributed by atoms with Gasteiger partial charge < -0.3 is 14.9 Å². The highest BCUT2D eigenvalue weighted by Gasteiger charge is 2.27. The molecule has 1 fully saturated rings. The molecule has 1 aromatic rings. The van der Waals surface area contributed by atoms with Crippen LogP contribution >= 0.6 is 0 Å². The van der Waals surface area contributed by atoms with Gasteiger partial charge in [0.2, 0.25) is 0 Å². The average Bonchev–Trinajstić information content (AvgIpc) is 2.83. The van der Waals surface area contributed by atoms with Crippen LogP contribution in [0.3, 0.4) is 0 Å². The van der Waals surface area contributed by atoms with E-state index < -0.39 is 5.97 Å². The molecular weight excluding hydrogens is 256 g/mol. The van der Waals surface area contributed by atoms with Crippen molar-refractivity contribution in [1.82, 2.24) is 10.5 Å². The molecule has 0 aliphatic heterocycles. The standard InChI is InChI=1S/C15H20N2O3/c18-15(19)11-5-2-6-13(7-11)16-8-12-9-20-17-14(12)10-3-1-4-10/h2,6,9-11,13,16H,1,3-5,7-8H2,(H,18,19)/t11-,13-/m1/s1. The summed E-state index contributed by atoms with van der Waals surface area (Å²) in [5.74, 6) is -0.424. The summed E-state index contributed by atoms with van der Waals surface area (Å²) in [5.41, 5.74) is 2.19. The summed E-state index contributed by atoms with van der Waals surface area (Å²) in [5, 5.41) is 16.6. The second-order valence-corrected chi connectivity index (χ2v) is 5.77. The molecule has 2 atom stereocenters. The van der Waals surface area contributed by atoms with E-state index in [9.17, 15) is 4.79 Å². The minimum Gasteiger partial charge on any atom is -0.481 e. The molecule has 5 nitrogen and oxygen atoms in total. The second kappa shape index (κ2) is 5.79. The Morgan fingerprint density at radius 3 is 3.05 bits per heavy atom. The van der Waals surface area contributed by atoms with Crippen molar-refractivity contribution in [3.8, 4) is 0 Å². The molecule has 1 aromatic heterocycles. The van der Waals surface area contributed by atoms with Crippen LogP contribution in [0.15, 0.2) is 22.9 Å². The number of aromatic nitrogens is 1. The summed E-state index contributed by atoms with van der Waals surface area (Å²) in [6.07, 6.45) is 10.7. The van der Waals surface area contributed by atoms with E-state index in [0.29, 0.717) is 25.3 Å². The molecule has 1 saturated carbocycles. The minimum atomic E-state index is -0.707. The van der Waals surface area contributed by atoms with Crippen LogP contribution in [-0.2, 0) is 11.3 Å². The van der Waals surface area contributed by atoms with Crippen molar-refractivity contribution in [1.29, 1.82) is 0 Å². The Balaban J connectivity index is 1.57. The molecule has 0 spiro atoms. The Labute approximate surface area is 118 Å². The smallest absolute Gasteiger partial charge is 0.306 e. The Hall–Kier alpha value is -1.62. The van der Waals surface area contributed by atoms with Crippen LogP contribution in [0, 0.1) is 5.92 Å². The highest BCUT2D eigenvalue weighted by atomic mass is 16.5. The maximum Gasteiger partial charge on any atom is 0.306 e. The highest BCUT2D eigenvalue weighted by Crippen LogP contribution is 2.37. The van der Waals surface area contributed by atoms with Gasteiger partial charge in [-0.1, -0.05) is 23.7 Å². The Morgan fingerprint density at radius 2 is 2.35 bits per heavy atom. The second-order valence-electron chi connectivity index (χ2n) is 5.77. The Kier molecular flexibility index (Phi) is 3.87. The van der Waals surface area contributed by atoms with Gasteiger partial charge in [0.25, 0.3) is 0 Å². The van der Waals surface area contributed by atoms with E-state index in [-0.39, 0.29) is 12.0 Å². The number of hydrogen-bond acceptors (Lipinski definition) is 4. The number of carbonyl (C=O) groups is 1. The van der Waals surface area contributed by atoms with Gasteiger partial charge >= 0.3 is 5.97 Å².